The van der Waals surface area contributed by atoms with Crippen LogP contribution in [0.25, 0.3) is 0 Å². The van der Waals surface area contributed by atoms with E-state index in [4.69, 9.17) is 0 Å². The van der Waals surface area contributed by atoms with Gasteiger partial charge in [0.1, 0.15) is 12.0 Å². The third kappa shape index (κ3) is 19.7. The molecule has 35 heavy (non-hydrogen) atoms. The normalized spacial score (nSPS) is 13.5. The molecule has 0 aromatic carbocycles. The van der Waals surface area contributed by atoms with Crippen LogP contribution in [0.1, 0.15) is 149 Å². The van der Waals surface area contributed by atoms with Crippen LogP contribution in [0.15, 0.2) is 0 Å². The zero-order chi connectivity index (χ0) is 26.4. The third-order valence-electron chi connectivity index (χ3n) is 7.25. The summed E-state index contributed by atoms with van der Waals surface area (Å²) in [4.78, 5) is 23.9. The van der Waals surface area contributed by atoms with Gasteiger partial charge in [-0.05, 0) is 12.8 Å². The van der Waals surface area contributed by atoms with Gasteiger partial charge in [-0.3, -0.25) is 4.79 Å². The van der Waals surface area contributed by atoms with Crippen molar-refractivity contribution in [2.75, 3.05) is 21.1 Å². The molecule has 0 saturated heterocycles. The summed E-state index contributed by atoms with van der Waals surface area (Å²) in [5.74, 6) is -1.14. The van der Waals surface area contributed by atoms with Gasteiger partial charge < -0.3 is 19.7 Å². The number of unbranched alkanes of at least 4 members (excludes halogenated alkanes) is 18. The average Bonchev–Trinajstić information content (AvgIpc) is 2.78. The lowest BCUT2D eigenvalue weighted by molar-refractivity contribution is -0.890. The molecule has 5 heteroatoms. The first kappa shape index (κ1) is 33.9. The molecule has 5 nitrogen and oxygen atoms in total. The van der Waals surface area contributed by atoms with Crippen molar-refractivity contribution in [3.63, 3.8) is 0 Å². The quantitative estimate of drug-likeness (QED) is 0.115. The van der Waals surface area contributed by atoms with Crippen molar-refractivity contribution in [2.24, 2.45) is 0 Å². The van der Waals surface area contributed by atoms with E-state index in [2.05, 4.69) is 12.2 Å². The number of carbonyl (C=O) groups excluding carboxylic acids is 2. The average molecular weight is 497 g/mol. The molecule has 2 unspecified atom stereocenters. The fraction of sp³-hybridized carbons (Fsp3) is 0.933. The molecule has 0 saturated carbocycles. The zero-order valence-electron chi connectivity index (χ0n) is 24.2. The summed E-state index contributed by atoms with van der Waals surface area (Å²) in [6.07, 6.45) is 26.4. The van der Waals surface area contributed by atoms with Gasteiger partial charge in [0.25, 0.3) is 0 Å². The van der Waals surface area contributed by atoms with Crippen molar-refractivity contribution in [1.82, 2.24) is 5.32 Å². The summed E-state index contributed by atoms with van der Waals surface area (Å²) in [6, 6.07) is -1.14. The Kier molecular flexibility index (Phi) is 21.4. The molecule has 0 aromatic rings. The molecule has 0 heterocycles. The fourth-order valence-corrected chi connectivity index (χ4v) is 5.07. The van der Waals surface area contributed by atoms with Gasteiger partial charge in [0.05, 0.1) is 27.2 Å². The lowest BCUT2D eigenvalue weighted by Gasteiger charge is -2.39. The van der Waals surface area contributed by atoms with Gasteiger partial charge in [0, 0.05) is 6.42 Å². The second-order valence-electron chi connectivity index (χ2n) is 11.6. The fourth-order valence-electron chi connectivity index (χ4n) is 5.07. The van der Waals surface area contributed by atoms with E-state index in [9.17, 15) is 14.7 Å². The first-order valence-corrected chi connectivity index (χ1v) is 15.0. The second kappa shape index (κ2) is 22.1. The van der Waals surface area contributed by atoms with Gasteiger partial charge in [0.15, 0.2) is 0 Å². The predicted octanol–water partition coefficient (Wildman–Crippen LogP) is 6.53. The van der Waals surface area contributed by atoms with E-state index in [-0.39, 0.29) is 10.4 Å². The maximum absolute atomic E-state index is 12.3. The van der Waals surface area contributed by atoms with Crippen molar-refractivity contribution in [2.45, 2.75) is 161 Å². The molecule has 0 aliphatic rings. The molecule has 208 valence electrons. The molecule has 0 aliphatic carbocycles. The molecule has 0 aliphatic heterocycles. The standard InChI is InChI=1S/C30H60N2O3/c1-6-8-9-10-11-12-13-14-15-16-17-18-19-20-21-22-23-24-25-26-28(33)31-27(7-2)29(30(34)35)32(3,4)5/h27,29H,6-26H2,1-5H3,(H-,31,33,34,35). The van der Waals surface area contributed by atoms with Crippen LogP contribution in [0.4, 0.5) is 0 Å². The zero-order valence-corrected chi connectivity index (χ0v) is 24.2. The summed E-state index contributed by atoms with van der Waals surface area (Å²) >= 11 is 0. The van der Waals surface area contributed by atoms with Crippen molar-refractivity contribution in [1.29, 1.82) is 0 Å². The topological polar surface area (TPSA) is 69.2 Å². The number of carbonyl (C=O) groups is 2. The Morgan fingerprint density at radius 3 is 1.26 bits per heavy atom. The van der Waals surface area contributed by atoms with Crippen molar-refractivity contribution in [3.05, 3.63) is 0 Å². The van der Waals surface area contributed by atoms with Gasteiger partial charge >= 0.3 is 0 Å². The SMILES string of the molecule is CCCCCCCCCCCCCCCCCCCCCC(=O)NC(CC)C(C(=O)[O-])[N+](C)(C)C. The lowest BCUT2D eigenvalue weighted by atomic mass is 10.0. The molecule has 1 N–H and O–H groups in total. The summed E-state index contributed by atoms with van der Waals surface area (Å²) in [5.41, 5.74) is 0. The molecular formula is C30H60N2O3. The number of amides is 1. The van der Waals surface area contributed by atoms with Crippen LogP contribution in [0.3, 0.4) is 0 Å². The highest BCUT2D eigenvalue weighted by Crippen LogP contribution is 2.15. The molecule has 0 fully saturated rings. The minimum Gasteiger partial charge on any atom is -0.544 e. The van der Waals surface area contributed by atoms with Crippen LogP contribution in [0, 0.1) is 0 Å². The smallest absolute Gasteiger partial charge is 0.220 e. The van der Waals surface area contributed by atoms with Crippen LogP contribution >= 0.6 is 0 Å². The Hall–Kier alpha value is -1.10. The van der Waals surface area contributed by atoms with Crippen molar-refractivity contribution < 1.29 is 19.2 Å². The number of carboxylic acid groups (broad SMARTS) is 1. The van der Waals surface area contributed by atoms with E-state index >= 15 is 0 Å². The van der Waals surface area contributed by atoms with Gasteiger partial charge in [-0.25, -0.2) is 0 Å². The number of carboxylic acids is 1. The largest absolute Gasteiger partial charge is 0.544 e. The van der Waals surface area contributed by atoms with Crippen LogP contribution in [0.2, 0.25) is 0 Å². The van der Waals surface area contributed by atoms with Crippen LogP contribution in [-0.2, 0) is 9.59 Å². The molecule has 0 aromatic heterocycles. The lowest BCUT2D eigenvalue weighted by Crippen LogP contribution is -2.64. The predicted molar refractivity (Wildman–Crippen MR) is 147 cm³/mol. The maximum atomic E-state index is 12.3. The van der Waals surface area contributed by atoms with Crippen LogP contribution < -0.4 is 10.4 Å². The molecule has 2 atom stereocenters. The highest BCUT2D eigenvalue weighted by molar-refractivity contribution is 5.78. The van der Waals surface area contributed by atoms with E-state index in [1.54, 1.807) is 0 Å². The van der Waals surface area contributed by atoms with E-state index in [1.807, 2.05) is 28.1 Å². The Morgan fingerprint density at radius 1 is 0.629 bits per heavy atom. The Labute approximate surface area is 218 Å². The third-order valence-corrected chi connectivity index (χ3v) is 7.25. The maximum Gasteiger partial charge on any atom is 0.220 e. The van der Waals surface area contributed by atoms with Gasteiger partial charge in [-0.2, -0.15) is 0 Å². The minimum absolute atomic E-state index is 0.0384. The second-order valence-corrected chi connectivity index (χ2v) is 11.6. The van der Waals surface area contributed by atoms with Crippen LogP contribution in [-0.4, -0.2) is 49.6 Å². The summed E-state index contributed by atoms with van der Waals surface area (Å²) in [6.45, 7) is 4.19. The summed E-state index contributed by atoms with van der Waals surface area (Å²) < 4.78 is 0.236. The van der Waals surface area contributed by atoms with E-state index < -0.39 is 18.1 Å². The first-order chi connectivity index (χ1) is 16.7. The number of rotatable bonds is 25. The minimum atomic E-state index is -1.10. The number of hydrogen-bond donors (Lipinski definition) is 1. The van der Waals surface area contributed by atoms with Crippen LogP contribution in [0.5, 0.6) is 0 Å². The summed E-state index contributed by atoms with van der Waals surface area (Å²) in [7, 11) is 5.48. The van der Waals surface area contributed by atoms with E-state index in [0.717, 1.165) is 12.8 Å². The molecule has 0 bridgehead atoms. The highest BCUT2D eigenvalue weighted by Gasteiger charge is 2.33. The molecule has 0 spiro atoms. The number of likely N-dealkylation sites (N-methyl/N-ethyl adjacent to an activating group) is 1. The number of aliphatic carboxylic acids is 1. The van der Waals surface area contributed by atoms with Crippen molar-refractivity contribution in [3.8, 4) is 0 Å². The molecule has 1 amide bonds. The number of nitrogens with zero attached hydrogens (tertiary/aromatic N) is 1. The van der Waals surface area contributed by atoms with E-state index in [0.29, 0.717) is 12.8 Å². The molecule has 0 radical (unpaired) electrons. The van der Waals surface area contributed by atoms with Crippen molar-refractivity contribution >= 4 is 11.9 Å². The first-order valence-electron chi connectivity index (χ1n) is 15.0. The monoisotopic (exact) mass is 496 g/mol. The Bertz CT molecular complexity index is 516. The number of nitrogens with one attached hydrogen (secondary N) is 1. The van der Waals surface area contributed by atoms with Gasteiger partial charge in [-0.15, -0.1) is 0 Å². The van der Waals surface area contributed by atoms with E-state index in [1.165, 1.54) is 109 Å². The Balaban J connectivity index is 3.56. The van der Waals surface area contributed by atoms with Gasteiger partial charge in [-0.1, -0.05) is 129 Å². The Morgan fingerprint density at radius 2 is 0.971 bits per heavy atom. The molecule has 0 rings (SSSR count). The summed E-state index contributed by atoms with van der Waals surface area (Å²) in [5, 5.41) is 14.5. The number of quaternary nitrogens is 1. The number of hydrogen-bond acceptors (Lipinski definition) is 3. The highest BCUT2D eigenvalue weighted by atomic mass is 16.4. The van der Waals surface area contributed by atoms with Gasteiger partial charge in [0.2, 0.25) is 5.91 Å². The molecular weight excluding hydrogens is 436 g/mol.